The highest BCUT2D eigenvalue weighted by atomic mass is 32.2. The molecule has 1 aromatic rings. The average Bonchev–Trinajstić information content (AvgIpc) is 2.92. The standard InChI is InChI=1S/C30H50N4O3S/c1-22-20-28(37-5)21-23(2)30(22)38(36)33(4)17-14-29(35)31-26-6-8-27(9-7-26)34-18-12-25(13-19-34)24-10-15-32(3)16-11-24/h20-21,24-27H,6-19H2,1-5H3,(H,31,35). The summed E-state index contributed by atoms with van der Waals surface area (Å²) < 4.78 is 20.3. The van der Waals surface area contributed by atoms with E-state index in [1.165, 1.54) is 64.7 Å². The molecule has 1 amide bonds. The number of carbonyl (C=O) groups excluding carboxylic acids is 1. The van der Waals surface area contributed by atoms with Crippen LogP contribution in [0.5, 0.6) is 5.75 Å². The fourth-order valence-corrected chi connectivity index (χ4v) is 8.18. The van der Waals surface area contributed by atoms with Crippen LogP contribution >= 0.6 is 0 Å². The summed E-state index contributed by atoms with van der Waals surface area (Å²) in [7, 11) is 4.41. The molecular weight excluding hydrogens is 496 g/mol. The Morgan fingerprint density at radius 3 is 2.08 bits per heavy atom. The van der Waals surface area contributed by atoms with Gasteiger partial charge in [-0.3, -0.25) is 4.79 Å². The van der Waals surface area contributed by atoms with Crippen LogP contribution in [0.3, 0.4) is 0 Å². The molecule has 0 bridgehead atoms. The van der Waals surface area contributed by atoms with E-state index >= 15 is 0 Å². The molecule has 2 saturated heterocycles. The predicted molar refractivity (Wildman–Crippen MR) is 155 cm³/mol. The maximum absolute atomic E-state index is 13.2. The van der Waals surface area contributed by atoms with Crippen molar-refractivity contribution in [1.29, 1.82) is 0 Å². The van der Waals surface area contributed by atoms with Gasteiger partial charge in [0.2, 0.25) is 5.91 Å². The minimum Gasteiger partial charge on any atom is -0.497 e. The van der Waals surface area contributed by atoms with Crippen LogP contribution in [0.4, 0.5) is 0 Å². The molecule has 4 rings (SSSR count). The first kappa shape index (κ1) is 29.5. The molecule has 1 unspecified atom stereocenters. The number of benzene rings is 1. The van der Waals surface area contributed by atoms with Gasteiger partial charge in [-0.05, 0) is 134 Å². The molecule has 2 heterocycles. The molecule has 1 atom stereocenters. The van der Waals surface area contributed by atoms with E-state index in [-0.39, 0.29) is 11.9 Å². The highest BCUT2D eigenvalue weighted by Crippen LogP contribution is 2.34. The van der Waals surface area contributed by atoms with Crippen LogP contribution in [0.15, 0.2) is 17.0 Å². The van der Waals surface area contributed by atoms with Crippen molar-refractivity contribution in [3.05, 3.63) is 23.3 Å². The first-order valence-electron chi connectivity index (χ1n) is 14.7. The number of amides is 1. The third-order valence-corrected chi connectivity index (χ3v) is 11.1. The summed E-state index contributed by atoms with van der Waals surface area (Å²) in [6, 6.07) is 4.78. The molecule has 0 radical (unpaired) electrons. The van der Waals surface area contributed by atoms with Crippen molar-refractivity contribution < 1.29 is 13.7 Å². The van der Waals surface area contributed by atoms with Crippen molar-refractivity contribution in [2.75, 3.05) is 53.9 Å². The van der Waals surface area contributed by atoms with E-state index < -0.39 is 11.0 Å². The molecule has 214 valence electrons. The number of rotatable bonds is 9. The van der Waals surface area contributed by atoms with Crippen LogP contribution in [0.25, 0.3) is 0 Å². The number of aryl methyl sites for hydroxylation is 2. The maximum Gasteiger partial charge on any atom is 0.221 e. The van der Waals surface area contributed by atoms with Gasteiger partial charge < -0.3 is 19.9 Å². The van der Waals surface area contributed by atoms with Gasteiger partial charge in [0.05, 0.1) is 12.0 Å². The van der Waals surface area contributed by atoms with Gasteiger partial charge in [0.15, 0.2) is 0 Å². The van der Waals surface area contributed by atoms with Crippen molar-refractivity contribution in [1.82, 2.24) is 19.4 Å². The summed E-state index contributed by atoms with van der Waals surface area (Å²) >= 11 is 0. The predicted octanol–water partition coefficient (Wildman–Crippen LogP) is 4.14. The molecule has 7 nitrogen and oxygen atoms in total. The Kier molecular flexibility index (Phi) is 10.7. The molecule has 38 heavy (non-hydrogen) atoms. The number of piperidine rings is 2. The average molecular weight is 547 g/mol. The first-order valence-corrected chi connectivity index (χ1v) is 15.9. The van der Waals surface area contributed by atoms with Gasteiger partial charge in [-0.1, -0.05) is 0 Å². The van der Waals surface area contributed by atoms with Gasteiger partial charge in [-0.2, -0.15) is 0 Å². The zero-order valence-corrected chi connectivity index (χ0v) is 25.2. The second-order valence-electron chi connectivity index (χ2n) is 12.0. The molecule has 3 aliphatic rings. The van der Waals surface area contributed by atoms with Gasteiger partial charge in [-0.15, -0.1) is 0 Å². The number of nitrogens with one attached hydrogen (secondary N) is 1. The Labute approximate surface area is 233 Å². The lowest BCUT2D eigenvalue weighted by Crippen LogP contribution is -2.47. The normalized spacial score (nSPS) is 25.4. The lowest BCUT2D eigenvalue weighted by atomic mass is 9.78. The van der Waals surface area contributed by atoms with Crippen LogP contribution < -0.4 is 10.1 Å². The molecule has 1 aliphatic carbocycles. The number of hydrogen-bond acceptors (Lipinski definition) is 5. The Bertz CT molecular complexity index is 926. The van der Waals surface area contributed by atoms with E-state index in [1.807, 2.05) is 33.0 Å². The SMILES string of the molecule is COc1cc(C)c(S(=O)N(C)CCC(=O)NC2CCC(N3CCC(C4CCN(C)CC4)CC3)CC2)c(C)c1. The second kappa shape index (κ2) is 13.7. The molecule has 1 N–H and O–H groups in total. The smallest absolute Gasteiger partial charge is 0.221 e. The number of ether oxygens (including phenoxy) is 1. The minimum absolute atomic E-state index is 0.0689. The van der Waals surface area contributed by atoms with E-state index in [0.29, 0.717) is 19.0 Å². The van der Waals surface area contributed by atoms with Crippen molar-refractivity contribution >= 4 is 16.9 Å². The van der Waals surface area contributed by atoms with E-state index in [2.05, 4.69) is 22.2 Å². The Morgan fingerprint density at radius 2 is 1.53 bits per heavy atom. The van der Waals surface area contributed by atoms with Crippen molar-refractivity contribution in [2.24, 2.45) is 11.8 Å². The summed E-state index contributed by atoms with van der Waals surface area (Å²) in [6.45, 7) is 9.44. The van der Waals surface area contributed by atoms with Crippen LogP contribution in [-0.4, -0.2) is 90.2 Å². The lowest BCUT2D eigenvalue weighted by molar-refractivity contribution is -0.122. The number of nitrogens with zero attached hydrogens (tertiary/aromatic N) is 3. The van der Waals surface area contributed by atoms with Gasteiger partial charge in [0.1, 0.15) is 16.7 Å². The molecule has 8 heteroatoms. The third kappa shape index (κ3) is 7.58. The number of carbonyl (C=O) groups is 1. The highest BCUT2D eigenvalue weighted by molar-refractivity contribution is 7.82. The number of hydrogen-bond donors (Lipinski definition) is 1. The first-order chi connectivity index (χ1) is 18.2. The molecule has 0 spiro atoms. The molecule has 2 aliphatic heterocycles. The monoisotopic (exact) mass is 546 g/mol. The van der Waals surface area contributed by atoms with Gasteiger partial charge >= 0.3 is 0 Å². The number of likely N-dealkylation sites (tertiary alicyclic amines) is 2. The fourth-order valence-electron chi connectivity index (χ4n) is 6.94. The van der Waals surface area contributed by atoms with Gasteiger partial charge in [-0.25, -0.2) is 8.51 Å². The molecule has 3 fully saturated rings. The van der Waals surface area contributed by atoms with E-state index in [0.717, 1.165) is 46.4 Å². The van der Waals surface area contributed by atoms with Crippen LogP contribution in [0, 0.1) is 25.7 Å². The zero-order chi connectivity index (χ0) is 27.2. The third-order valence-electron chi connectivity index (χ3n) is 9.36. The Balaban J connectivity index is 1.15. The highest BCUT2D eigenvalue weighted by Gasteiger charge is 2.33. The van der Waals surface area contributed by atoms with Crippen LogP contribution in [0.2, 0.25) is 0 Å². The quantitative estimate of drug-likeness (QED) is 0.505. The van der Waals surface area contributed by atoms with Crippen molar-refractivity contribution in [2.45, 2.75) is 88.6 Å². The summed E-state index contributed by atoms with van der Waals surface area (Å²) in [5.41, 5.74) is 1.89. The molecule has 1 saturated carbocycles. The summed E-state index contributed by atoms with van der Waals surface area (Å²) in [5, 5.41) is 3.26. The number of methoxy groups -OCH3 is 1. The van der Waals surface area contributed by atoms with Gasteiger partial charge in [0.25, 0.3) is 0 Å². The Hall–Kier alpha value is -1.48. The summed E-state index contributed by atoms with van der Waals surface area (Å²) in [6.07, 6.45) is 10.4. The largest absolute Gasteiger partial charge is 0.497 e. The topological polar surface area (TPSA) is 65.1 Å². The van der Waals surface area contributed by atoms with E-state index in [1.54, 1.807) is 11.4 Å². The minimum atomic E-state index is -1.31. The fraction of sp³-hybridized carbons (Fsp3) is 0.767. The van der Waals surface area contributed by atoms with Crippen LogP contribution in [0.1, 0.15) is 68.9 Å². The Morgan fingerprint density at radius 1 is 0.974 bits per heavy atom. The molecule has 0 aromatic heterocycles. The maximum atomic E-state index is 13.2. The van der Waals surface area contributed by atoms with Crippen molar-refractivity contribution in [3.8, 4) is 5.75 Å². The molecular formula is C30H50N4O3S. The molecule has 1 aromatic carbocycles. The summed E-state index contributed by atoms with van der Waals surface area (Å²) in [4.78, 5) is 18.7. The van der Waals surface area contributed by atoms with E-state index in [9.17, 15) is 9.00 Å². The van der Waals surface area contributed by atoms with E-state index in [4.69, 9.17) is 4.74 Å². The summed E-state index contributed by atoms with van der Waals surface area (Å²) in [5.74, 6) is 2.72. The zero-order valence-electron chi connectivity index (χ0n) is 24.3. The lowest BCUT2D eigenvalue weighted by Gasteiger charge is -2.43. The van der Waals surface area contributed by atoms with Crippen LogP contribution in [-0.2, 0) is 15.8 Å². The van der Waals surface area contributed by atoms with Gasteiger partial charge in [0, 0.05) is 32.1 Å². The second-order valence-corrected chi connectivity index (χ2v) is 13.6. The van der Waals surface area contributed by atoms with Crippen molar-refractivity contribution in [3.63, 3.8) is 0 Å².